The highest BCUT2D eigenvalue weighted by molar-refractivity contribution is 5.74. The largest absolute Gasteiger partial charge is 0.338 e. The summed E-state index contributed by atoms with van der Waals surface area (Å²) in [7, 11) is 0. The summed E-state index contributed by atoms with van der Waals surface area (Å²) >= 11 is 0. The number of benzene rings is 1. The molecule has 1 aromatic carbocycles. The Labute approximate surface area is 142 Å². The number of hydrogen-bond donors (Lipinski definition) is 1. The molecule has 0 atom stereocenters. The van der Waals surface area contributed by atoms with Crippen LogP contribution in [-0.2, 0) is 6.54 Å². The van der Waals surface area contributed by atoms with Gasteiger partial charge in [0.25, 0.3) is 0 Å². The maximum Gasteiger partial charge on any atom is 0.318 e. The van der Waals surface area contributed by atoms with Gasteiger partial charge >= 0.3 is 6.03 Å². The summed E-state index contributed by atoms with van der Waals surface area (Å²) < 4.78 is 5.39. The second kappa shape index (κ2) is 7.95. The molecule has 1 N–H and O–H groups in total. The second-order valence-electron chi connectivity index (χ2n) is 6.13. The number of rotatable bonds is 5. The van der Waals surface area contributed by atoms with Gasteiger partial charge in [0.1, 0.15) is 6.54 Å². The third-order valence-corrected chi connectivity index (χ3v) is 4.41. The first-order chi connectivity index (χ1) is 11.8. The number of nitrogens with one attached hydrogen (secondary N) is 1. The quantitative estimate of drug-likeness (QED) is 0.910. The van der Waals surface area contributed by atoms with E-state index in [2.05, 4.69) is 15.5 Å². The van der Waals surface area contributed by atoms with Gasteiger partial charge in [0, 0.05) is 18.2 Å². The van der Waals surface area contributed by atoms with Crippen molar-refractivity contribution in [2.24, 2.45) is 0 Å². The van der Waals surface area contributed by atoms with E-state index >= 15 is 0 Å². The molecule has 0 spiro atoms. The van der Waals surface area contributed by atoms with Crippen molar-refractivity contribution in [1.29, 1.82) is 0 Å². The third-order valence-electron chi connectivity index (χ3n) is 4.41. The number of aromatic nitrogens is 2. The molecule has 1 saturated carbocycles. The van der Waals surface area contributed by atoms with Crippen molar-refractivity contribution >= 4 is 6.03 Å². The lowest BCUT2D eigenvalue weighted by Gasteiger charge is -2.33. The van der Waals surface area contributed by atoms with Crippen LogP contribution in [0, 0.1) is 0 Å². The van der Waals surface area contributed by atoms with Crippen molar-refractivity contribution in [3.05, 3.63) is 36.2 Å². The summed E-state index contributed by atoms with van der Waals surface area (Å²) in [5.41, 5.74) is 0.912. The number of urea groups is 1. The molecule has 24 heavy (non-hydrogen) atoms. The van der Waals surface area contributed by atoms with Crippen LogP contribution in [-0.4, -0.2) is 33.7 Å². The SMILES string of the molecule is CCNC(=O)N(Cc1nc(-c2ccccc2)no1)C1CCCCC1. The zero-order chi connectivity index (χ0) is 16.8. The van der Waals surface area contributed by atoms with E-state index in [0.29, 0.717) is 24.8 Å². The van der Waals surface area contributed by atoms with Gasteiger partial charge in [0.15, 0.2) is 0 Å². The van der Waals surface area contributed by atoms with E-state index in [1.54, 1.807) is 0 Å². The van der Waals surface area contributed by atoms with Gasteiger partial charge in [-0.15, -0.1) is 0 Å². The van der Waals surface area contributed by atoms with Crippen LogP contribution in [0.3, 0.4) is 0 Å². The van der Waals surface area contributed by atoms with E-state index in [1.807, 2.05) is 42.2 Å². The van der Waals surface area contributed by atoms with Crippen molar-refractivity contribution in [1.82, 2.24) is 20.4 Å². The van der Waals surface area contributed by atoms with Gasteiger partial charge in [-0.05, 0) is 19.8 Å². The number of carbonyl (C=O) groups excluding carboxylic acids is 1. The van der Waals surface area contributed by atoms with Crippen LogP contribution in [0.4, 0.5) is 4.79 Å². The van der Waals surface area contributed by atoms with Gasteiger partial charge in [-0.1, -0.05) is 54.8 Å². The van der Waals surface area contributed by atoms with Crippen LogP contribution in [0.2, 0.25) is 0 Å². The van der Waals surface area contributed by atoms with Crippen molar-refractivity contribution < 1.29 is 9.32 Å². The maximum atomic E-state index is 12.4. The topological polar surface area (TPSA) is 71.3 Å². The van der Waals surface area contributed by atoms with Crippen LogP contribution in [0.5, 0.6) is 0 Å². The monoisotopic (exact) mass is 328 g/mol. The Morgan fingerprint density at radius 1 is 1.25 bits per heavy atom. The average molecular weight is 328 g/mol. The molecule has 0 aliphatic heterocycles. The lowest BCUT2D eigenvalue weighted by atomic mass is 9.94. The molecule has 0 saturated heterocycles. The van der Waals surface area contributed by atoms with E-state index in [0.717, 1.165) is 18.4 Å². The molecule has 0 unspecified atom stereocenters. The molecule has 6 heteroatoms. The Kier molecular flexibility index (Phi) is 5.46. The predicted molar refractivity (Wildman–Crippen MR) is 91.2 cm³/mol. The van der Waals surface area contributed by atoms with E-state index in [4.69, 9.17) is 4.52 Å². The Bertz CT molecular complexity index is 650. The lowest BCUT2D eigenvalue weighted by molar-refractivity contribution is 0.141. The Balaban J connectivity index is 1.74. The minimum Gasteiger partial charge on any atom is -0.338 e. The fourth-order valence-electron chi connectivity index (χ4n) is 3.18. The molecule has 2 amide bonds. The molecule has 0 radical (unpaired) electrons. The van der Waals surface area contributed by atoms with Crippen molar-refractivity contribution in [2.75, 3.05) is 6.54 Å². The molecular formula is C18H24N4O2. The van der Waals surface area contributed by atoms with Crippen LogP contribution in [0.1, 0.15) is 44.9 Å². The fourth-order valence-corrected chi connectivity index (χ4v) is 3.18. The molecule has 1 aliphatic carbocycles. The summed E-state index contributed by atoms with van der Waals surface area (Å²) in [6.07, 6.45) is 5.66. The highest BCUT2D eigenvalue weighted by Gasteiger charge is 2.27. The average Bonchev–Trinajstić information content (AvgIpc) is 3.10. The first kappa shape index (κ1) is 16.5. The zero-order valence-electron chi connectivity index (χ0n) is 14.1. The lowest BCUT2D eigenvalue weighted by Crippen LogP contribution is -2.46. The van der Waals surface area contributed by atoms with Crippen molar-refractivity contribution in [3.63, 3.8) is 0 Å². The number of carbonyl (C=O) groups is 1. The van der Waals surface area contributed by atoms with E-state index in [1.165, 1.54) is 19.3 Å². The third kappa shape index (κ3) is 3.93. The molecule has 3 rings (SSSR count). The highest BCUT2D eigenvalue weighted by atomic mass is 16.5. The normalized spacial score (nSPS) is 15.2. The zero-order valence-corrected chi connectivity index (χ0v) is 14.1. The molecular weight excluding hydrogens is 304 g/mol. The van der Waals surface area contributed by atoms with Crippen LogP contribution < -0.4 is 5.32 Å². The molecule has 0 bridgehead atoms. The Morgan fingerprint density at radius 3 is 2.71 bits per heavy atom. The van der Waals surface area contributed by atoms with Crippen LogP contribution >= 0.6 is 0 Å². The maximum absolute atomic E-state index is 12.4. The summed E-state index contributed by atoms with van der Waals surface area (Å²) in [5, 5.41) is 6.94. The van der Waals surface area contributed by atoms with Gasteiger partial charge in [-0.25, -0.2) is 4.79 Å². The number of nitrogens with zero attached hydrogens (tertiary/aromatic N) is 3. The van der Waals surface area contributed by atoms with E-state index in [-0.39, 0.29) is 12.1 Å². The van der Waals surface area contributed by atoms with Crippen molar-refractivity contribution in [3.8, 4) is 11.4 Å². The molecule has 6 nitrogen and oxygen atoms in total. The molecule has 2 aromatic rings. The molecule has 128 valence electrons. The summed E-state index contributed by atoms with van der Waals surface area (Å²) in [6.45, 7) is 2.90. The Morgan fingerprint density at radius 2 is 2.00 bits per heavy atom. The summed E-state index contributed by atoms with van der Waals surface area (Å²) in [6, 6.07) is 9.91. The summed E-state index contributed by atoms with van der Waals surface area (Å²) in [4.78, 5) is 18.8. The smallest absolute Gasteiger partial charge is 0.318 e. The van der Waals surface area contributed by atoms with Crippen LogP contribution in [0.25, 0.3) is 11.4 Å². The molecule has 1 fully saturated rings. The molecule has 1 heterocycles. The number of hydrogen-bond acceptors (Lipinski definition) is 4. The van der Waals surface area contributed by atoms with Gasteiger partial charge in [-0.3, -0.25) is 0 Å². The first-order valence-corrected chi connectivity index (χ1v) is 8.70. The minimum atomic E-state index is -0.0520. The van der Waals surface area contributed by atoms with Gasteiger partial charge < -0.3 is 14.7 Å². The predicted octanol–water partition coefficient (Wildman–Crippen LogP) is 3.60. The fraction of sp³-hybridized carbons (Fsp3) is 0.500. The Hall–Kier alpha value is -2.37. The van der Waals surface area contributed by atoms with Gasteiger partial charge in [0.2, 0.25) is 11.7 Å². The van der Waals surface area contributed by atoms with Gasteiger partial charge in [-0.2, -0.15) is 4.98 Å². The molecule has 1 aromatic heterocycles. The molecule has 1 aliphatic rings. The van der Waals surface area contributed by atoms with E-state index < -0.39 is 0 Å². The van der Waals surface area contributed by atoms with Crippen LogP contribution in [0.15, 0.2) is 34.9 Å². The van der Waals surface area contributed by atoms with Gasteiger partial charge in [0.05, 0.1) is 0 Å². The van der Waals surface area contributed by atoms with E-state index in [9.17, 15) is 4.79 Å². The van der Waals surface area contributed by atoms with Crippen molar-refractivity contribution in [2.45, 2.75) is 51.6 Å². The standard InChI is InChI=1S/C18H24N4O2/c1-2-19-18(23)22(15-11-7-4-8-12-15)13-16-20-17(21-24-16)14-9-5-3-6-10-14/h3,5-6,9-10,15H,2,4,7-8,11-13H2,1H3,(H,19,23). The number of amides is 2. The first-order valence-electron chi connectivity index (χ1n) is 8.70. The second-order valence-corrected chi connectivity index (χ2v) is 6.13. The summed E-state index contributed by atoms with van der Waals surface area (Å²) in [5.74, 6) is 1.04. The highest BCUT2D eigenvalue weighted by Crippen LogP contribution is 2.24. The minimum absolute atomic E-state index is 0.0520.